The maximum Gasteiger partial charge on any atom is 0.416 e. The molecule has 0 radical (unpaired) electrons. The number of alkyl halides is 3. The number of methoxy groups -OCH3 is 1. The van der Waals surface area contributed by atoms with Gasteiger partial charge in [-0.05, 0) is 60.7 Å². The van der Waals surface area contributed by atoms with E-state index >= 15 is 0 Å². The van der Waals surface area contributed by atoms with Crippen molar-refractivity contribution in [1.82, 2.24) is 4.98 Å². The first-order chi connectivity index (χ1) is 13.3. The van der Waals surface area contributed by atoms with Crippen LogP contribution in [-0.2, 0) is 10.9 Å². The van der Waals surface area contributed by atoms with Crippen LogP contribution in [0.5, 0.6) is 5.75 Å². The van der Waals surface area contributed by atoms with Gasteiger partial charge in [-0.25, -0.2) is 4.79 Å². The Morgan fingerprint density at radius 1 is 1.11 bits per heavy atom. The quantitative estimate of drug-likeness (QED) is 0.616. The van der Waals surface area contributed by atoms with Crippen LogP contribution in [0.3, 0.4) is 0 Å². The summed E-state index contributed by atoms with van der Waals surface area (Å²) in [6.07, 6.45) is -1.21. The zero-order valence-electron chi connectivity index (χ0n) is 15.0. The number of fused-ring (bicyclic) bond motifs is 1. The molecule has 1 aliphatic rings. The Balaban J connectivity index is 1.41. The van der Waals surface area contributed by atoms with Crippen LogP contribution in [0.25, 0.3) is 10.9 Å². The first kappa shape index (κ1) is 18.4. The van der Waals surface area contributed by atoms with Crippen molar-refractivity contribution in [2.45, 2.75) is 31.0 Å². The van der Waals surface area contributed by atoms with Crippen LogP contribution in [0.15, 0.2) is 48.7 Å². The Labute approximate surface area is 159 Å². The molecule has 1 heterocycles. The van der Waals surface area contributed by atoms with E-state index in [0.29, 0.717) is 11.3 Å². The second-order valence-corrected chi connectivity index (χ2v) is 6.93. The molecule has 0 aliphatic heterocycles. The summed E-state index contributed by atoms with van der Waals surface area (Å²) < 4.78 is 48.4. The highest BCUT2D eigenvalue weighted by Crippen LogP contribution is 2.40. The van der Waals surface area contributed by atoms with E-state index in [1.165, 1.54) is 19.2 Å². The normalized spacial score (nSPS) is 19.3. The van der Waals surface area contributed by atoms with Crippen LogP contribution in [0, 0.1) is 0 Å². The van der Waals surface area contributed by atoms with E-state index in [4.69, 9.17) is 9.47 Å². The lowest BCUT2D eigenvalue weighted by Crippen LogP contribution is -2.32. The van der Waals surface area contributed by atoms with E-state index < -0.39 is 11.7 Å². The topological polar surface area (TPSA) is 51.3 Å². The number of nitrogens with one attached hydrogen (secondary N) is 1. The van der Waals surface area contributed by atoms with E-state index in [-0.39, 0.29) is 18.0 Å². The summed E-state index contributed by atoms with van der Waals surface area (Å²) in [7, 11) is 1.35. The molecular weight excluding hydrogens is 371 g/mol. The summed E-state index contributed by atoms with van der Waals surface area (Å²) in [6.45, 7) is 0. The molecule has 1 fully saturated rings. The third-order valence-corrected chi connectivity index (χ3v) is 5.16. The van der Waals surface area contributed by atoms with E-state index in [2.05, 4.69) is 4.98 Å². The minimum Gasteiger partial charge on any atom is -0.490 e. The van der Waals surface area contributed by atoms with Crippen LogP contribution < -0.4 is 4.74 Å². The number of H-pyrrole nitrogens is 1. The molecule has 0 amide bonds. The highest BCUT2D eigenvalue weighted by Gasteiger charge is 2.33. The van der Waals surface area contributed by atoms with Crippen molar-refractivity contribution in [3.63, 3.8) is 0 Å². The number of hydrogen-bond acceptors (Lipinski definition) is 3. The number of ether oxygens (including phenoxy) is 2. The fourth-order valence-corrected chi connectivity index (χ4v) is 3.52. The summed E-state index contributed by atoms with van der Waals surface area (Å²) in [5.41, 5.74) is 1.77. The van der Waals surface area contributed by atoms with E-state index in [9.17, 15) is 18.0 Å². The molecule has 0 spiro atoms. The predicted octanol–water partition coefficient (Wildman–Crippen LogP) is 5.30. The van der Waals surface area contributed by atoms with Gasteiger partial charge in [-0.2, -0.15) is 13.2 Å². The highest BCUT2D eigenvalue weighted by atomic mass is 19.4. The molecule has 1 N–H and O–H groups in total. The van der Waals surface area contributed by atoms with Gasteiger partial charge in [0.1, 0.15) is 5.75 Å². The van der Waals surface area contributed by atoms with Crippen molar-refractivity contribution in [2.75, 3.05) is 7.11 Å². The standard InChI is InChI=1S/C21H18F3NO3/c1-27-20(26)18-11-25-19-7-2-12(10-17(18)19)13-8-16(9-13)28-15-5-3-14(4-6-15)21(22,23)24/h2-7,10-11,13,16,25H,8-9H2,1H3. The molecule has 0 bridgehead atoms. The average Bonchev–Trinajstić information content (AvgIpc) is 3.06. The first-order valence-corrected chi connectivity index (χ1v) is 8.88. The lowest BCUT2D eigenvalue weighted by atomic mass is 9.77. The van der Waals surface area contributed by atoms with Gasteiger partial charge in [0.25, 0.3) is 0 Å². The van der Waals surface area contributed by atoms with Gasteiger partial charge in [-0.1, -0.05) is 6.07 Å². The minimum absolute atomic E-state index is 0.0382. The van der Waals surface area contributed by atoms with Crippen molar-refractivity contribution in [1.29, 1.82) is 0 Å². The van der Waals surface area contributed by atoms with Crippen LogP contribution in [-0.4, -0.2) is 24.2 Å². The molecule has 3 aromatic rings. The summed E-state index contributed by atoms with van der Waals surface area (Å²) in [5.74, 6) is 0.329. The third kappa shape index (κ3) is 3.44. The molecule has 0 atom stereocenters. The van der Waals surface area contributed by atoms with Crippen LogP contribution >= 0.6 is 0 Å². The first-order valence-electron chi connectivity index (χ1n) is 8.88. The number of hydrogen-bond donors (Lipinski definition) is 1. The molecule has 7 heteroatoms. The maximum atomic E-state index is 12.6. The Hall–Kier alpha value is -2.96. The number of esters is 1. The summed E-state index contributed by atoms with van der Waals surface area (Å²) in [6, 6.07) is 10.7. The molecule has 0 saturated heterocycles. The van der Waals surface area contributed by atoms with Crippen molar-refractivity contribution < 1.29 is 27.4 Å². The molecule has 4 nitrogen and oxygen atoms in total. The van der Waals surface area contributed by atoms with Crippen molar-refractivity contribution in [3.05, 3.63) is 65.4 Å². The number of carbonyl (C=O) groups excluding carboxylic acids is 1. The zero-order valence-corrected chi connectivity index (χ0v) is 15.0. The SMILES string of the molecule is COC(=O)c1c[nH]c2ccc(C3CC(Oc4ccc(C(F)(F)F)cc4)C3)cc12. The molecule has 1 aromatic heterocycles. The molecule has 28 heavy (non-hydrogen) atoms. The van der Waals surface area contributed by atoms with E-state index in [0.717, 1.165) is 41.4 Å². The summed E-state index contributed by atoms with van der Waals surface area (Å²) in [4.78, 5) is 14.9. The van der Waals surface area contributed by atoms with Gasteiger partial charge in [0.2, 0.25) is 0 Å². The maximum absolute atomic E-state index is 12.6. The van der Waals surface area contributed by atoms with Crippen molar-refractivity contribution in [3.8, 4) is 5.75 Å². The van der Waals surface area contributed by atoms with E-state index in [1.54, 1.807) is 6.20 Å². The molecule has 2 aromatic carbocycles. The van der Waals surface area contributed by atoms with Gasteiger partial charge in [0.15, 0.2) is 0 Å². The number of halogens is 3. The number of carbonyl (C=O) groups is 1. The van der Waals surface area contributed by atoms with Crippen molar-refractivity contribution in [2.24, 2.45) is 0 Å². The van der Waals surface area contributed by atoms with Crippen LogP contribution in [0.4, 0.5) is 13.2 Å². The molecule has 1 saturated carbocycles. The predicted molar refractivity (Wildman–Crippen MR) is 97.5 cm³/mol. The second-order valence-electron chi connectivity index (χ2n) is 6.93. The number of aromatic nitrogens is 1. The zero-order chi connectivity index (χ0) is 19.9. The number of aromatic amines is 1. The average molecular weight is 389 g/mol. The Morgan fingerprint density at radius 2 is 1.82 bits per heavy atom. The Morgan fingerprint density at radius 3 is 2.46 bits per heavy atom. The molecule has 0 unspecified atom stereocenters. The minimum atomic E-state index is -4.35. The largest absolute Gasteiger partial charge is 0.490 e. The molecule has 4 rings (SSSR count). The molecule has 1 aliphatic carbocycles. The van der Waals surface area contributed by atoms with Crippen molar-refractivity contribution >= 4 is 16.9 Å². The Bertz CT molecular complexity index is 1000. The van der Waals surface area contributed by atoms with Gasteiger partial charge in [-0.3, -0.25) is 0 Å². The lowest BCUT2D eigenvalue weighted by Gasteiger charge is -2.35. The van der Waals surface area contributed by atoms with Crippen LogP contribution in [0.2, 0.25) is 0 Å². The summed E-state index contributed by atoms with van der Waals surface area (Å²) >= 11 is 0. The van der Waals surface area contributed by atoms with Crippen LogP contribution in [0.1, 0.15) is 40.2 Å². The fourth-order valence-electron chi connectivity index (χ4n) is 3.52. The summed E-state index contributed by atoms with van der Waals surface area (Å²) in [5, 5.41) is 0.816. The third-order valence-electron chi connectivity index (χ3n) is 5.16. The molecular formula is C21H18F3NO3. The molecule has 146 valence electrons. The monoisotopic (exact) mass is 389 g/mol. The highest BCUT2D eigenvalue weighted by molar-refractivity contribution is 6.04. The van der Waals surface area contributed by atoms with Gasteiger partial charge >= 0.3 is 12.1 Å². The lowest BCUT2D eigenvalue weighted by molar-refractivity contribution is -0.137. The van der Waals surface area contributed by atoms with E-state index in [1.807, 2.05) is 18.2 Å². The van der Waals surface area contributed by atoms with Gasteiger partial charge in [0, 0.05) is 17.1 Å². The number of benzene rings is 2. The Kier molecular flexibility index (Phi) is 4.53. The fraction of sp³-hybridized carbons (Fsp3) is 0.286. The van der Waals surface area contributed by atoms with Gasteiger partial charge < -0.3 is 14.5 Å². The smallest absolute Gasteiger partial charge is 0.416 e. The van der Waals surface area contributed by atoms with Gasteiger partial charge in [0.05, 0.1) is 24.3 Å². The van der Waals surface area contributed by atoms with Gasteiger partial charge in [-0.15, -0.1) is 0 Å². The second kappa shape index (κ2) is 6.89. The number of rotatable bonds is 4.